The number of halogens is 1. The number of nitrogens with zero attached hydrogens (tertiary/aromatic N) is 1. The lowest BCUT2D eigenvalue weighted by molar-refractivity contribution is 0.340. The van der Waals surface area contributed by atoms with Crippen molar-refractivity contribution >= 4 is 23.5 Å². The first-order valence-electron chi connectivity index (χ1n) is 6.06. The largest absolute Gasteiger partial charge is 0.493 e. The van der Waals surface area contributed by atoms with Crippen LogP contribution in [-0.4, -0.2) is 12.8 Å². The maximum absolute atomic E-state index is 5.90. The molecule has 2 aromatic rings. The third kappa shape index (κ3) is 4.00. The van der Waals surface area contributed by atoms with Crippen LogP contribution in [0.25, 0.3) is 0 Å². The van der Waals surface area contributed by atoms with Gasteiger partial charge in [0.05, 0.1) is 18.5 Å². The van der Waals surface area contributed by atoms with Crippen LogP contribution >= 0.6 is 11.6 Å². The fourth-order valence-electron chi connectivity index (χ4n) is 1.61. The van der Waals surface area contributed by atoms with E-state index < -0.39 is 0 Å². The van der Waals surface area contributed by atoms with Crippen LogP contribution < -0.4 is 10.2 Å². The molecule has 98 valence electrons. The highest BCUT2D eigenvalue weighted by molar-refractivity contribution is 6.30. The van der Waals surface area contributed by atoms with Crippen molar-refractivity contribution < 1.29 is 4.74 Å². The van der Waals surface area contributed by atoms with Crippen molar-refractivity contribution in [1.29, 1.82) is 0 Å². The third-order valence-electron chi connectivity index (χ3n) is 2.44. The monoisotopic (exact) mass is 274 g/mol. The van der Waals surface area contributed by atoms with Gasteiger partial charge in [0.25, 0.3) is 0 Å². The Balaban J connectivity index is 2.06. The van der Waals surface area contributed by atoms with Crippen LogP contribution in [0.1, 0.15) is 12.5 Å². The van der Waals surface area contributed by atoms with Crippen LogP contribution in [0.4, 0.5) is 5.69 Å². The Morgan fingerprint density at radius 2 is 2.05 bits per heavy atom. The van der Waals surface area contributed by atoms with E-state index in [0.29, 0.717) is 11.6 Å². The van der Waals surface area contributed by atoms with E-state index in [1.54, 1.807) is 6.21 Å². The number of anilines is 1. The van der Waals surface area contributed by atoms with E-state index in [-0.39, 0.29) is 0 Å². The molecule has 0 aliphatic carbocycles. The van der Waals surface area contributed by atoms with E-state index in [4.69, 9.17) is 16.3 Å². The molecule has 19 heavy (non-hydrogen) atoms. The van der Waals surface area contributed by atoms with E-state index in [2.05, 4.69) is 10.5 Å². The number of hydrogen-bond donors (Lipinski definition) is 1. The fraction of sp³-hybridized carbons (Fsp3) is 0.133. The van der Waals surface area contributed by atoms with Gasteiger partial charge in [0.2, 0.25) is 0 Å². The van der Waals surface area contributed by atoms with Gasteiger partial charge in [-0.1, -0.05) is 29.8 Å². The van der Waals surface area contributed by atoms with Crippen molar-refractivity contribution in [3.8, 4) is 5.75 Å². The molecule has 0 heterocycles. The molecule has 0 amide bonds. The molecule has 0 spiro atoms. The first-order chi connectivity index (χ1) is 9.29. The molecule has 0 unspecified atom stereocenters. The number of hydrazone groups is 1. The summed E-state index contributed by atoms with van der Waals surface area (Å²) in [4.78, 5) is 0. The van der Waals surface area contributed by atoms with Crippen LogP contribution in [0.2, 0.25) is 5.02 Å². The number of hydrogen-bond acceptors (Lipinski definition) is 3. The maximum atomic E-state index is 5.90. The minimum Gasteiger partial charge on any atom is -0.493 e. The lowest BCUT2D eigenvalue weighted by Gasteiger charge is -2.06. The topological polar surface area (TPSA) is 33.6 Å². The van der Waals surface area contributed by atoms with Gasteiger partial charge < -0.3 is 4.74 Å². The summed E-state index contributed by atoms with van der Waals surface area (Å²) in [6, 6.07) is 15.2. The second kappa shape index (κ2) is 6.81. The van der Waals surface area contributed by atoms with Gasteiger partial charge in [-0.15, -0.1) is 0 Å². The van der Waals surface area contributed by atoms with Gasteiger partial charge >= 0.3 is 0 Å². The zero-order chi connectivity index (χ0) is 13.5. The predicted molar refractivity (Wildman–Crippen MR) is 80.3 cm³/mol. The average Bonchev–Trinajstić information content (AvgIpc) is 2.41. The van der Waals surface area contributed by atoms with Gasteiger partial charge in [-0.05, 0) is 37.3 Å². The molecule has 0 aliphatic heterocycles. The van der Waals surface area contributed by atoms with E-state index in [1.807, 2.05) is 55.5 Å². The number of benzene rings is 2. The molecule has 0 radical (unpaired) electrons. The van der Waals surface area contributed by atoms with E-state index in [1.165, 1.54) is 0 Å². The van der Waals surface area contributed by atoms with Crippen LogP contribution in [0.5, 0.6) is 5.75 Å². The van der Waals surface area contributed by atoms with Crippen molar-refractivity contribution in [2.75, 3.05) is 12.0 Å². The molecule has 0 atom stereocenters. The summed E-state index contributed by atoms with van der Waals surface area (Å²) in [6.45, 7) is 2.59. The van der Waals surface area contributed by atoms with Gasteiger partial charge in [-0.25, -0.2) is 0 Å². The standard InChI is InChI=1S/C15H15ClN2O/c1-2-19-15-9-4-3-6-12(15)11-17-18-14-8-5-7-13(16)10-14/h3-11,18H,2H2,1H3/b17-11+. The van der Waals surface area contributed by atoms with Crippen molar-refractivity contribution in [2.24, 2.45) is 5.10 Å². The second-order valence-electron chi connectivity index (χ2n) is 3.85. The van der Waals surface area contributed by atoms with Crippen LogP contribution in [0.15, 0.2) is 53.6 Å². The lowest BCUT2D eigenvalue weighted by atomic mass is 10.2. The minimum atomic E-state index is 0.632. The number of ether oxygens (including phenoxy) is 1. The van der Waals surface area contributed by atoms with Crippen molar-refractivity contribution in [3.63, 3.8) is 0 Å². The zero-order valence-corrected chi connectivity index (χ0v) is 11.4. The molecule has 2 aromatic carbocycles. The summed E-state index contributed by atoms with van der Waals surface area (Å²) in [5.41, 5.74) is 4.71. The van der Waals surface area contributed by atoms with Gasteiger partial charge in [0.1, 0.15) is 5.75 Å². The molecule has 0 fully saturated rings. The molecule has 0 saturated heterocycles. The second-order valence-corrected chi connectivity index (χ2v) is 4.29. The van der Waals surface area contributed by atoms with E-state index in [0.717, 1.165) is 17.0 Å². The van der Waals surface area contributed by atoms with Gasteiger partial charge in [0.15, 0.2) is 0 Å². The Morgan fingerprint density at radius 1 is 1.21 bits per heavy atom. The first kappa shape index (κ1) is 13.4. The van der Waals surface area contributed by atoms with Crippen LogP contribution in [0, 0.1) is 0 Å². The third-order valence-corrected chi connectivity index (χ3v) is 2.68. The summed E-state index contributed by atoms with van der Waals surface area (Å²) in [7, 11) is 0. The van der Waals surface area contributed by atoms with Crippen LogP contribution in [-0.2, 0) is 0 Å². The molecule has 0 bridgehead atoms. The van der Waals surface area contributed by atoms with E-state index >= 15 is 0 Å². The lowest BCUT2D eigenvalue weighted by Crippen LogP contribution is -1.97. The predicted octanol–water partition coefficient (Wildman–Crippen LogP) is 4.18. The fourth-order valence-corrected chi connectivity index (χ4v) is 1.80. The SMILES string of the molecule is CCOc1ccccc1/C=N/Nc1cccc(Cl)c1. The quantitative estimate of drug-likeness (QED) is 0.655. The van der Waals surface area contributed by atoms with Crippen molar-refractivity contribution in [3.05, 3.63) is 59.1 Å². The summed E-state index contributed by atoms with van der Waals surface area (Å²) < 4.78 is 5.52. The molecule has 2 rings (SSSR count). The van der Waals surface area contributed by atoms with Gasteiger partial charge in [-0.2, -0.15) is 5.10 Å². The minimum absolute atomic E-state index is 0.632. The maximum Gasteiger partial charge on any atom is 0.128 e. The van der Waals surface area contributed by atoms with E-state index in [9.17, 15) is 0 Å². The number of rotatable bonds is 5. The molecule has 3 nitrogen and oxygen atoms in total. The van der Waals surface area contributed by atoms with Gasteiger partial charge in [-0.3, -0.25) is 5.43 Å². The zero-order valence-electron chi connectivity index (χ0n) is 10.6. The van der Waals surface area contributed by atoms with Gasteiger partial charge in [0, 0.05) is 10.6 Å². The number of para-hydroxylation sites is 1. The molecule has 1 N–H and O–H groups in total. The Labute approximate surface area is 117 Å². The molecule has 0 aromatic heterocycles. The Morgan fingerprint density at radius 3 is 2.84 bits per heavy atom. The summed E-state index contributed by atoms with van der Waals surface area (Å²) in [6.07, 6.45) is 1.73. The Kier molecular flexibility index (Phi) is 4.81. The average molecular weight is 275 g/mol. The van der Waals surface area contributed by atoms with Crippen LogP contribution in [0.3, 0.4) is 0 Å². The summed E-state index contributed by atoms with van der Waals surface area (Å²) in [5.74, 6) is 0.821. The Bertz CT molecular complexity index is 570. The summed E-state index contributed by atoms with van der Waals surface area (Å²) >= 11 is 5.90. The first-order valence-corrected chi connectivity index (χ1v) is 6.44. The molecule has 0 aliphatic rings. The molecular formula is C15H15ClN2O. The highest BCUT2D eigenvalue weighted by Gasteiger charge is 1.98. The smallest absolute Gasteiger partial charge is 0.128 e. The number of nitrogens with one attached hydrogen (secondary N) is 1. The molecule has 4 heteroatoms. The summed E-state index contributed by atoms with van der Waals surface area (Å²) in [5, 5.41) is 4.86. The highest BCUT2D eigenvalue weighted by Crippen LogP contribution is 2.17. The molecule has 0 saturated carbocycles. The normalized spacial score (nSPS) is 10.6. The van der Waals surface area contributed by atoms with Crippen molar-refractivity contribution in [2.45, 2.75) is 6.92 Å². The Hall–Kier alpha value is -2.00. The highest BCUT2D eigenvalue weighted by atomic mass is 35.5. The molecular weight excluding hydrogens is 260 g/mol. The van der Waals surface area contributed by atoms with Crippen molar-refractivity contribution in [1.82, 2.24) is 0 Å².